The molecule has 1 heterocycles. The van der Waals surface area contributed by atoms with E-state index in [2.05, 4.69) is 0 Å². The summed E-state index contributed by atoms with van der Waals surface area (Å²) in [6.45, 7) is 4.00. The lowest BCUT2D eigenvalue weighted by Crippen LogP contribution is -2.08. The van der Waals surface area contributed by atoms with E-state index in [4.69, 9.17) is 4.74 Å². The summed E-state index contributed by atoms with van der Waals surface area (Å²) in [5.74, 6) is -0.0491. The third-order valence-electron chi connectivity index (χ3n) is 3.18. The van der Waals surface area contributed by atoms with Crippen molar-refractivity contribution in [2.24, 2.45) is 5.92 Å². The molecule has 1 unspecified atom stereocenters. The van der Waals surface area contributed by atoms with Crippen LogP contribution >= 0.6 is 11.3 Å². The highest BCUT2D eigenvalue weighted by Gasteiger charge is 2.22. The summed E-state index contributed by atoms with van der Waals surface area (Å²) in [6, 6.07) is 1.99. The number of thiophene rings is 1. The minimum atomic E-state index is -0.421. The molecule has 0 aromatic carbocycles. The molecule has 3 nitrogen and oxygen atoms in total. The maximum Gasteiger partial charge on any atom is 0.333 e. The fraction of sp³-hybridized carbons (Fsp3) is 0.500. The van der Waals surface area contributed by atoms with Crippen LogP contribution in [-0.2, 0) is 16.0 Å². The average Bonchev–Trinajstić information content (AvgIpc) is 2.79. The molecule has 0 aliphatic heterocycles. The molecule has 0 radical (unpaired) electrons. The number of esters is 1. The zero-order valence-electron chi connectivity index (χ0n) is 10.9. The second-order valence-corrected chi connectivity index (χ2v) is 6.05. The Balaban J connectivity index is 2.29. The van der Waals surface area contributed by atoms with Crippen LogP contribution in [0.25, 0.3) is 6.08 Å². The van der Waals surface area contributed by atoms with E-state index in [0.717, 1.165) is 23.3 Å². The summed E-state index contributed by atoms with van der Waals surface area (Å²) in [5, 5.41) is 10.1. The van der Waals surface area contributed by atoms with Crippen LogP contribution in [0.3, 0.4) is 0 Å². The van der Waals surface area contributed by atoms with Gasteiger partial charge in [-0.3, -0.25) is 0 Å². The Morgan fingerprint density at radius 2 is 2.17 bits per heavy atom. The SMILES string of the molecule is COC(=O)C1=Cc2cc(C(O)C(C)C)sc2CC1. The lowest BCUT2D eigenvalue weighted by Gasteiger charge is -2.11. The van der Waals surface area contributed by atoms with Crippen molar-refractivity contribution in [2.75, 3.05) is 7.11 Å². The van der Waals surface area contributed by atoms with Crippen molar-refractivity contribution in [3.63, 3.8) is 0 Å². The smallest absolute Gasteiger partial charge is 0.333 e. The number of ether oxygens (including phenoxy) is 1. The number of fused-ring (bicyclic) bond motifs is 1. The number of carbonyl (C=O) groups excluding carboxylic acids is 1. The Bertz CT molecular complexity index is 485. The first kappa shape index (κ1) is 13.3. The van der Waals surface area contributed by atoms with Gasteiger partial charge in [0.15, 0.2) is 0 Å². The summed E-state index contributed by atoms with van der Waals surface area (Å²) in [7, 11) is 1.40. The molecule has 0 saturated carbocycles. The zero-order valence-corrected chi connectivity index (χ0v) is 11.7. The van der Waals surface area contributed by atoms with Crippen molar-refractivity contribution in [1.29, 1.82) is 0 Å². The minimum Gasteiger partial charge on any atom is -0.466 e. The van der Waals surface area contributed by atoms with E-state index < -0.39 is 6.10 Å². The molecule has 1 aliphatic carbocycles. The first-order chi connectivity index (χ1) is 8.52. The Morgan fingerprint density at radius 3 is 2.78 bits per heavy atom. The first-order valence-electron chi connectivity index (χ1n) is 6.12. The number of hydrogen-bond donors (Lipinski definition) is 1. The minimum absolute atomic E-state index is 0.203. The summed E-state index contributed by atoms with van der Waals surface area (Å²) >= 11 is 1.65. The third kappa shape index (κ3) is 2.49. The monoisotopic (exact) mass is 266 g/mol. The van der Waals surface area contributed by atoms with Crippen LogP contribution in [0.2, 0.25) is 0 Å². The van der Waals surface area contributed by atoms with Gasteiger partial charge in [-0.1, -0.05) is 13.8 Å². The molecule has 18 heavy (non-hydrogen) atoms. The molecular formula is C14H18O3S. The molecule has 0 bridgehead atoms. The van der Waals surface area contributed by atoms with Crippen molar-refractivity contribution >= 4 is 23.4 Å². The number of carbonyl (C=O) groups is 1. The van der Waals surface area contributed by atoms with Gasteiger partial charge in [-0.05, 0) is 36.5 Å². The molecule has 1 N–H and O–H groups in total. The molecule has 0 saturated heterocycles. The molecule has 1 atom stereocenters. The fourth-order valence-electron chi connectivity index (χ4n) is 2.06. The summed E-state index contributed by atoms with van der Waals surface area (Å²) in [6.07, 6.45) is 3.04. The molecule has 4 heteroatoms. The molecule has 0 spiro atoms. The number of rotatable bonds is 3. The predicted octanol–water partition coefficient (Wildman–Crippen LogP) is 2.94. The Hall–Kier alpha value is -1.13. The topological polar surface area (TPSA) is 46.5 Å². The van der Waals surface area contributed by atoms with E-state index >= 15 is 0 Å². The number of aryl methyl sites for hydroxylation is 1. The number of methoxy groups -OCH3 is 1. The van der Waals surface area contributed by atoms with E-state index in [1.807, 2.05) is 26.0 Å². The van der Waals surface area contributed by atoms with Gasteiger partial charge >= 0.3 is 5.97 Å². The number of hydrogen-bond acceptors (Lipinski definition) is 4. The van der Waals surface area contributed by atoms with E-state index in [1.165, 1.54) is 12.0 Å². The summed E-state index contributed by atoms with van der Waals surface area (Å²) in [4.78, 5) is 13.7. The van der Waals surface area contributed by atoms with Gasteiger partial charge in [0.25, 0.3) is 0 Å². The summed E-state index contributed by atoms with van der Waals surface area (Å²) in [5.41, 5.74) is 1.77. The highest BCUT2D eigenvalue weighted by Crippen LogP contribution is 2.36. The highest BCUT2D eigenvalue weighted by molar-refractivity contribution is 7.12. The van der Waals surface area contributed by atoms with Gasteiger partial charge in [0, 0.05) is 15.3 Å². The van der Waals surface area contributed by atoms with E-state index in [0.29, 0.717) is 5.57 Å². The van der Waals surface area contributed by atoms with Gasteiger partial charge in [-0.25, -0.2) is 4.79 Å². The van der Waals surface area contributed by atoms with E-state index in [-0.39, 0.29) is 11.9 Å². The lowest BCUT2D eigenvalue weighted by atomic mass is 9.98. The Kier molecular flexibility index (Phi) is 3.88. The van der Waals surface area contributed by atoms with Crippen LogP contribution < -0.4 is 0 Å². The van der Waals surface area contributed by atoms with Crippen LogP contribution in [0.4, 0.5) is 0 Å². The second kappa shape index (κ2) is 5.24. The van der Waals surface area contributed by atoms with Gasteiger partial charge in [0.1, 0.15) is 0 Å². The van der Waals surface area contributed by atoms with E-state index in [9.17, 15) is 9.90 Å². The third-order valence-corrected chi connectivity index (χ3v) is 4.46. The second-order valence-electron chi connectivity index (χ2n) is 4.88. The van der Waals surface area contributed by atoms with E-state index in [1.54, 1.807) is 11.3 Å². The maximum absolute atomic E-state index is 11.5. The zero-order chi connectivity index (χ0) is 13.3. The van der Waals surface area contributed by atoms with Crippen molar-refractivity contribution in [2.45, 2.75) is 32.8 Å². The van der Waals surface area contributed by atoms with Gasteiger partial charge in [0.2, 0.25) is 0 Å². The predicted molar refractivity (Wildman–Crippen MR) is 72.4 cm³/mol. The van der Waals surface area contributed by atoms with Crippen LogP contribution in [-0.4, -0.2) is 18.2 Å². The molecule has 1 aliphatic rings. The van der Waals surface area contributed by atoms with Gasteiger partial charge in [-0.2, -0.15) is 0 Å². The maximum atomic E-state index is 11.5. The molecular weight excluding hydrogens is 248 g/mol. The standard InChI is InChI=1S/C14H18O3S/c1-8(2)13(15)12-7-10-6-9(14(16)17-3)4-5-11(10)18-12/h6-8,13,15H,4-5H2,1-3H3. The van der Waals surface area contributed by atoms with Crippen molar-refractivity contribution in [1.82, 2.24) is 0 Å². The molecule has 1 aromatic heterocycles. The molecule has 2 rings (SSSR count). The van der Waals surface area contributed by atoms with Crippen LogP contribution in [0.5, 0.6) is 0 Å². The van der Waals surface area contributed by atoms with Crippen molar-refractivity contribution in [3.8, 4) is 0 Å². The Labute approximate surface area is 111 Å². The normalized spacial score (nSPS) is 16.2. The molecule has 0 fully saturated rings. The lowest BCUT2D eigenvalue weighted by molar-refractivity contribution is -0.136. The van der Waals surface area contributed by atoms with Crippen molar-refractivity contribution < 1.29 is 14.6 Å². The van der Waals surface area contributed by atoms with Crippen LogP contribution in [0.15, 0.2) is 11.6 Å². The number of aliphatic hydroxyl groups excluding tert-OH is 1. The largest absolute Gasteiger partial charge is 0.466 e. The number of aliphatic hydroxyl groups is 1. The first-order valence-corrected chi connectivity index (χ1v) is 6.94. The summed E-state index contributed by atoms with van der Waals surface area (Å²) < 4.78 is 4.74. The van der Waals surface area contributed by atoms with Gasteiger partial charge in [-0.15, -0.1) is 11.3 Å². The van der Waals surface area contributed by atoms with Crippen LogP contribution in [0.1, 0.15) is 41.7 Å². The highest BCUT2D eigenvalue weighted by atomic mass is 32.1. The molecule has 1 aromatic rings. The Morgan fingerprint density at radius 1 is 1.44 bits per heavy atom. The van der Waals surface area contributed by atoms with Crippen LogP contribution in [0, 0.1) is 5.92 Å². The quantitative estimate of drug-likeness (QED) is 0.856. The van der Waals surface area contributed by atoms with Gasteiger partial charge < -0.3 is 9.84 Å². The average molecular weight is 266 g/mol. The van der Waals surface area contributed by atoms with Crippen molar-refractivity contribution in [3.05, 3.63) is 27.0 Å². The molecule has 98 valence electrons. The van der Waals surface area contributed by atoms with Gasteiger partial charge in [0.05, 0.1) is 13.2 Å². The fourth-order valence-corrected chi connectivity index (χ4v) is 3.36. The molecule has 0 amide bonds.